The molecular weight excluding hydrogens is 2050 g/mol. The maximum atomic E-state index is 10.9. The number of aryl methyl sites for hydroxylation is 1. The predicted molar refractivity (Wildman–Crippen MR) is 591 cm³/mol. The minimum Gasteiger partial charge on any atom is -1.00 e. The molecule has 0 atom stereocenters. The summed E-state index contributed by atoms with van der Waals surface area (Å²) in [7, 11) is 13.2. The Morgan fingerprint density at radius 1 is 0.395 bits per heavy atom. The van der Waals surface area contributed by atoms with Crippen LogP contribution in [-0.2, 0) is 87.4 Å². The molecule has 1 heterocycles. The Balaban J connectivity index is 0.00000166. The zero-order valence-electron chi connectivity index (χ0n) is 89.4. The minimum atomic E-state index is -0.723. The largest absolute Gasteiger partial charge is 1.00 e. The van der Waals surface area contributed by atoms with E-state index in [4.69, 9.17) is 46.1 Å². The van der Waals surface area contributed by atoms with Gasteiger partial charge in [-0.05, 0) is 284 Å². The fraction of sp³-hybridized carbons (Fsp3) is 0.342. The van der Waals surface area contributed by atoms with Crippen LogP contribution in [0.4, 0.5) is 0 Å². The average molecular weight is 2200 g/mol. The number of alkyl halides is 2. The Morgan fingerprint density at radius 3 is 0.946 bits per heavy atom. The smallest absolute Gasteiger partial charge is 1.00 e. The second kappa shape index (κ2) is 83.6. The van der Waals surface area contributed by atoms with Crippen LogP contribution in [-0.4, -0.2) is 216 Å². The number of likely N-dealkylation sites (tertiary alicyclic amines) is 1. The molecule has 0 radical (unpaired) electrons. The van der Waals surface area contributed by atoms with Gasteiger partial charge in [-0.15, -0.1) is 0 Å². The number of carbonyl (C=O) groups is 7. The molecule has 0 aromatic heterocycles. The molecule has 1 fully saturated rings. The van der Waals surface area contributed by atoms with E-state index in [1.807, 2.05) is 64.6 Å². The summed E-state index contributed by atoms with van der Waals surface area (Å²) in [5, 5.41) is 89.4. The monoisotopic (exact) mass is 2200 g/mol. The number of nitrogens with zero attached hydrogens (tertiary/aromatic N) is 5. The second-order valence-corrected chi connectivity index (χ2v) is 36.3. The van der Waals surface area contributed by atoms with Gasteiger partial charge in [-0.2, -0.15) is 0 Å². The number of nitrogens with one attached hydrogen (secondary N) is 3. The zero-order chi connectivity index (χ0) is 105. The zero-order valence-corrected chi connectivity index (χ0v) is 98.8. The normalized spacial score (nSPS) is 10.9. The molecule has 0 saturated carbocycles. The number of carboxylic acid groups (broad SMARTS) is 3. The molecule has 0 aliphatic carbocycles. The number of likely N-dealkylation sites (N-methyl/N-ethyl adjacent to an activating group) is 2. The van der Waals surface area contributed by atoms with Crippen LogP contribution < -0.4 is 154 Å². The van der Waals surface area contributed by atoms with E-state index in [1.54, 1.807) is 15.9 Å². The number of amides is 3. The number of hydrogen-bond donors (Lipinski definition) is 10. The number of hydrogen-bond acceptors (Lipinski definition) is 19. The van der Waals surface area contributed by atoms with Gasteiger partial charge in [0.2, 0.25) is 17.7 Å². The molecule has 30 heteroatoms. The third kappa shape index (κ3) is 60.1. The van der Waals surface area contributed by atoms with Crippen molar-refractivity contribution >= 4 is 149 Å². The number of aliphatic carboxylic acids is 3. The van der Waals surface area contributed by atoms with Crippen LogP contribution in [0.5, 0.6) is 0 Å². The number of carboxylic acids is 3. The van der Waals surface area contributed by atoms with E-state index in [2.05, 4.69) is 342 Å². The van der Waals surface area contributed by atoms with Crippen LogP contribution in [0.3, 0.4) is 0 Å². The van der Waals surface area contributed by atoms with Crippen molar-refractivity contribution in [2.75, 3.05) is 114 Å². The molecule has 1 aliphatic rings. The summed E-state index contributed by atoms with van der Waals surface area (Å²) in [6, 6.07) is 104. The van der Waals surface area contributed by atoms with Crippen LogP contribution in [0.2, 0.25) is 0 Å². The molecule has 3 amide bonds. The molecule has 776 valence electrons. The third-order valence-corrected chi connectivity index (χ3v) is 24.3. The molecule has 147 heavy (non-hydrogen) atoms. The molecular formula is C117H149Br2K2N8NaO17. The Morgan fingerprint density at radius 2 is 0.660 bits per heavy atom. The van der Waals surface area contributed by atoms with Crippen molar-refractivity contribution in [3.05, 3.63) is 336 Å². The first-order chi connectivity index (χ1) is 69.8. The van der Waals surface area contributed by atoms with E-state index in [1.165, 1.54) is 128 Å². The van der Waals surface area contributed by atoms with Crippen LogP contribution >= 0.6 is 31.9 Å². The van der Waals surface area contributed by atoms with Crippen molar-refractivity contribution in [1.29, 1.82) is 0 Å². The van der Waals surface area contributed by atoms with Crippen LogP contribution in [0, 0.1) is 0 Å². The summed E-state index contributed by atoms with van der Waals surface area (Å²) < 4.78 is 0. The average Bonchev–Trinajstić information content (AvgIpc) is 0.973. The van der Waals surface area contributed by atoms with E-state index in [0.717, 1.165) is 160 Å². The fourth-order valence-electron chi connectivity index (χ4n) is 15.4. The first kappa shape index (κ1) is 135. The summed E-state index contributed by atoms with van der Waals surface area (Å²) in [5.41, 5.74) is 12.5. The topological polar surface area (TPSA) is 355 Å². The van der Waals surface area contributed by atoms with Gasteiger partial charge < -0.3 is 63.2 Å². The van der Waals surface area contributed by atoms with Crippen LogP contribution in [0.15, 0.2) is 297 Å². The van der Waals surface area contributed by atoms with Crippen molar-refractivity contribution < 1.29 is 220 Å². The molecule has 1 saturated heterocycles. The number of fused-ring (bicyclic) bond motifs is 7. The van der Waals surface area contributed by atoms with Gasteiger partial charge in [-0.25, -0.2) is 15.8 Å². The van der Waals surface area contributed by atoms with E-state index in [-0.39, 0.29) is 173 Å². The Bertz CT molecular complexity index is 6000. The minimum absolute atomic E-state index is 0. The SMILES string of the molecule is BrCCc1ccc2ccccc2c1.BrCc1ccc2ccccc2c1.CN(CCCC(=O)NO)Cc1ccc2ccccc2c1.CN(CCCC(=O)O)Cc1ccc2ccccc2c1.CN(CCCCC(=O)NO)CCc1ccc2ccccc2c1.CN(CCCCC(=O)O)CCc1ccc2ccccc2c1.CN1CCCCC1=O.CNCCCCC(=O)O.COO.O=CO[O-].OCCc1ccc2ccccc2c1.[H-].[H-].[K+].[K+].[Na+]. The Labute approximate surface area is 995 Å². The fourth-order valence-corrected chi connectivity index (χ4v) is 16.2. The summed E-state index contributed by atoms with van der Waals surface area (Å²) in [5.74, 6) is -2.46. The van der Waals surface area contributed by atoms with Gasteiger partial charge in [-0.3, -0.25) is 49.2 Å². The van der Waals surface area contributed by atoms with Gasteiger partial charge in [-0.1, -0.05) is 317 Å². The number of halogens is 2. The maximum absolute atomic E-state index is 10.9. The quantitative estimate of drug-likeness (QED) is 0.00325. The predicted octanol–water partition coefficient (Wildman–Crippen LogP) is 13.0. The molecule has 14 aromatic carbocycles. The summed E-state index contributed by atoms with van der Waals surface area (Å²) >= 11 is 6.89. The van der Waals surface area contributed by atoms with Crippen molar-refractivity contribution in [1.82, 2.24) is 40.8 Å². The van der Waals surface area contributed by atoms with Crippen LogP contribution in [0.25, 0.3) is 75.4 Å². The molecule has 1 aliphatic heterocycles. The summed E-state index contributed by atoms with van der Waals surface area (Å²) in [6.45, 7) is 9.17. The first-order valence-electron chi connectivity index (χ1n) is 48.9. The summed E-state index contributed by atoms with van der Waals surface area (Å²) in [6.07, 6.45) is 15.1. The maximum Gasteiger partial charge on any atom is 1.00 e. The number of piperidine rings is 1. The Kier molecular flexibility index (Phi) is 76.8. The Hall–Kier alpha value is -8.02. The molecule has 0 unspecified atom stereocenters. The number of aliphatic hydroxyl groups excluding tert-OH is 1. The van der Waals surface area contributed by atoms with Crippen molar-refractivity contribution in [3.8, 4) is 0 Å². The van der Waals surface area contributed by atoms with Gasteiger partial charge in [0.15, 0.2) is 0 Å². The van der Waals surface area contributed by atoms with Gasteiger partial charge in [0.1, 0.15) is 0 Å². The van der Waals surface area contributed by atoms with E-state index >= 15 is 0 Å². The van der Waals surface area contributed by atoms with Crippen LogP contribution in [0.1, 0.15) is 145 Å². The number of rotatable bonds is 39. The van der Waals surface area contributed by atoms with Gasteiger partial charge >= 0.3 is 150 Å². The third-order valence-electron chi connectivity index (χ3n) is 23.3. The van der Waals surface area contributed by atoms with Gasteiger partial charge in [0, 0.05) is 95.6 Å². The number of carbonyl (C=O) groups excluding carboxylic acids is 4. The standard InChI is InChI=1S/C18H24N2O2.C18H23NO2.C16H20N2O2.C16H19NO2.C12H11Br.C12H12O.C11H9Br.C6H13NO2.C6H11NO.CH2O3.CH4O2.2K.Na.2H/c1-20(12-5-4-8-18(21)19-22)13-11-15-9-10-16-6-2-3-7-17(16)14-15;1-19(12-5-4-8-18(20)21)13-11-15-9-10-16-6-2-3-7-17(16)14-15;1-18(10-4-7-16(19)17-20)12-13-8-9-14-5-2-3-6-15(14)11-13;1-17(10-4-7-16(18)19)12-13-8-9-14-5-2-3-6-15(14)11-13;2*13-8-7-10-5-6-11-3-1-2-4-12(11)9-10;12-8-9-5-6-10-3-1-2-4-11(10)7-9;1-7-5-3-2-4-6(8)9;1-7-5-3-2-4-6(7)8;2-1-4-3;1-3-2;;;;;/h2-3,6-7,9-10,14,22H,4-5,8,11-13H2,1H3,(H,19,21);2-3,6-7,9-10,14H,4-5,8,11-13H2,1H3,(H,20,21);2-3,5-6,8-9,11,20H,4,7,10,12H2,1H3,(H,17,19);2-3,5-6,8-9,11H,4,7,10,12H2,1H3,(H,18,19);1-6,9H,7-8H2;1-6,9,13H,7-8H2;1-7H,8H2;7H,2-5H2,1H3,(H,8,9);2-5H2,1H3;1,3H;2H,1H3;;;;;/q;;;;;;;;;;;3*+1;2*-1/p-1. The number of benzene rings is 14. The molecule has 15 rings (SSSR count). The molecule has 25 nitrogen and oxygen atoms in total. The first-order valence-corrected chi connectivity index (χ1v) is 51.1. The van der Waals surface area contributed by atoms with Crippen molar-refractivity contribution in [2.45, 2.75) is 147 Å². The summed E-state index contributed by atoms with van der Waals surface area (Å²) in [4.78, 5) is 88.6. The molecule has 0 bridgehead atoms. The molecule has 0 spiro atoms. The van der Waals surface area contributed by atoms with E-state index < -0.39 is 17.9 Å². The van der Waals surface area contributed by atoms with E-state index in [0.29, 0.717) is 31.6 Å². The van der Waals surface area contributed by atoms with Crippen molar-refractivity contribution in [3.63, 3.8) is 0 Å². The molecule has 14 aromatic rings. The van der Waals surface area contributed by atoms with Gasteiger partial charge in [0.25, 0.3) is 6.47 Å². The number of hydroxylamine groups is 2. The number of aliphatic hydroxyl groups is 1. The van der Waals surface area contributed by atoms with Crippen molar-refractivity contribution in [2.24, 2.45) is 0 Å². The number of unbranched alkanes of at least 4 members (excludes halogenated alkanes) is 3. The van der Waals surface area contributed by atoms with Gasteiger partial charge in [0.05, 0.1) is 7.11 Å². The van der Waals surface area contributed by atoms with E-state index in [9.17, 15) is 28.8 Å². The molecule has 10 N–H and O–H groups in total. The second-order valence-electron chi connectivity index (χ2n) is 35.0.